The number of nitrogens with two attached hydrogens (primary N) is 1. The Hall–Kier alpha value is -2.31. The molecule has 0 spiro atoms. The number of hydrogen-bond acceptors (Lipinski definition) is 4. The number of amides is 2. The minimum absolute atomic E-state index is 0.0132. The van der Waals surface area contributed by atoms with E-state index in [4.69, 9.17) is 5.73 Å². The minimum Gasteiger partial charge on any atom is -0.370 e. The lowest BCUT2D eigenvalue weighted by Crippen LogP contribution is -2.61. The van der Waals surface area contributed by atoms with E-state index in [0.717, 1.165) is 38.0 Å². The van der Waals surface area contributed by atoms with Crippen LogP contribution in [0.1, 0.15) is 70.1 Å². The smallest absolute Gasteiger partial charge is 0.269 e. The van der Waals surface area contributed by atoms with Gasteiger partial charge in [-0.15, -0.1) is 0 Å². The number of fused-ring (bicyclic) bond motifs is 6. The maximum absolute atomic E-state index is 13.6. The van der Waals surface area contributed by atoms with Gasteiger partial charge in [-0.05, 0) is 73.7 Å². The zero-order chi connectivity index (χ0) is 23.8. The van der Waals surface area contributed by atoms with E-state index in [1.807, 2.05) is 13.2 Å². The summed E-state index contributed by atoms with van der Waals surface area (Å²) in [5.74, 6) is 2.37. The van der Waals surface area contributed by atoms with Crippen molar-refractivity contribution in [1.29, 1.82) is 0 Å². The summed E-state index contributed by atoms with van der Waals surface area (Å²) in [5.41, 5.74) is 9.15. The van der Waals surface area contributed by atoms with Crippen LogP contribution >= 0.6 is 0 Å². The Morgan fingerprint density at radius 3 is 2.82 bits per heavy atom. The number of rotatable bonds is 3. The Morgan fingerprint density at radius 1 is 1.21 bits per heavy atom. The number of aromatic amines is 1. The topological polar surface area (TPSA) is 95.3 Å². The highest BCUT2D eigenvalue weighted by molar-refractivity contribution is 5.94. The summed E-state index contributed by atoms with van der Waals surface area (Å²) in [6, 6.07) is 0.270. The monoisotopic (exact) mass is 465 g/mol. The van der Waals surface area contributed by atoms with Crippen LogP contribution in [0.25, 0.3) is 0 Å². The molecule has 3 heterocycles. The van der Waals surface area contributed by atoms with E-state index in [2.05, 4.69) is 39.9 Å². The second kappa shape index (κ2) is 7.59. The van der Waals surface area contributed by atoms with E-state index in [9.17, 15) is 9.59 Å². The Balaban J connectivity index is 1.32. The molecule has 1 aromatic rings. The molecule has 2 aliphatic heterocycles. The molecule has 3 unspecified atom stereocenters. The summed E-state index contributed by atoms with van der Waals surface area (Å²) in [5, 5.41) is 7.33. The van der Waals surface area contributed by atoms with Gasteiger partial charge in [0.15, 0.2) is 0 Å². The van der Waals surface area contributed by atoms with Crippen molar-refractivity contribution in [2.24, 2.45) is 40.2 Å². The highest BCUT2D eigenvalue weighted by atomic mass is 16.2. The molecule has 0 bridgehead atoms. The van der Waals surface area contributed by atoms with E-state index >= 15 is 0 Å². The zero-order valence-corrected chi connectivity index (χ0v) is 20.8. The lowest BCUT2D eigenvalue weighted by molar-refractivity contribution is -0.143. The van der Waals surface area contributed by atoms with E-state index in [-0.39, 0.29) is 28.7 Å². The Bertz CT molecular complexity index is 1050. The molecule has 184 valence electrons. The van der Waals surface area contributed by atoms with Crippen LogP contribution in [0, 0.1) is 34.5 Å². The molecule has 3 saturated carbocycles. The van der Waals surface area contributed by atoms with Gasteiger partial charge in [0.05, 0.1) is 11.9 Å². The predicted octanol–water partition coefficient (Wildman–Crippen LogP) is 3.23. The van der Waals surface area contributed by atoms with Crippen LogP contribution < -0.4 is 5.73 Å². The molecule has 34 heavy (non-hydrogen) atoms. The summed E-state index contributed by atoms with van der Waals surface area (Å²) >= 11 is 0. The number of carbonyl (C=O) groups excluding carboxylic acids is 2. The van der Waals surface area contributed by atoms with Gasteiger partial charge in [-0.3, -0.25) is 14.7 Å². The van der Waals surface area contributed by atoms with E-state index < -0.39 is 0 Å². The fourth-order valence-electron chi connectivity index (χ4n) is 9.20. The van der Waals surface area contributed by atoms with Gasteiger partial charge in [-0.1, -0.05) is 13.8 Å². The lowest BCUT2D eigenvalue weighted by atomic mass is 9.47. The summed E-state index contributed by atoms with van der Waals surface area (Å²) < 4.78 is 0. The van der Waals surface area contributed by atoms with E-state index in [1.54, 1.807) is 0 Å². The first-order valence-electron chi connectivity index (χ1n) is 13.3. The molecular weight excluding hydrogens is 426 g/mol. The number of hydrogen-bond donors (Lipinski definition) is 2. The molecule has 3 N–H and O–H groups in total. The number of carbonyl (C=O) groups is 2. The van der Waals surface area contributed by atoms with Crippen LogP contribution in [0.4, 0.5) is 0 Å². The standard InChI is InChI=1S/C27H39N5O2/c1-26-10-8-20-18(19(26)6-4-17(26)12-24(28)33)5-7-23-27(20,2)13-22(25(34)31(23)3)32-11-9-21-16(15-32)14-29-30-21/h13-14,17-20,23H,4-12,15H2,1-3H3,(H2,28,33)(H,29,30)/t17-,18?,19?,20?,23-,26-,27-/m1/s1. The van der Waals surface area contributed by atoms with Crippen molar-refractivity contribution in [3.63, 3.8) is 0 Å². The molecule has 3 fully saturated rings. The van der Waals surface area contributed by atoms with Crippen molar-refractivity contribution in [3.8, 4) is 0 Å². The number of nitrogens with one attached hydrogen (secondary N) is 1. The first-order chi connectivity index (χ1) is 16.2. The van der Waals surface area contributed by atoms with Crippen molar-refractivity contribution in [2.75, 3.05) is 13.6 Å². The Morgan fingerprint density at radius 2 is 2.03 bits per heavy atom. The van der Waals surface area contributed by atoms with Crippen molar-refractivity contribution in [3.05, 3.63) is 29.2 Å². The molecule has 7 heteroatoms. The molecule has 7 nitrogen and oxygen atoms in total. The summed E-state index contributed by atoms with van der Waals surface area (Å²) in [6.45, 7) is 6.48. The molecule has 7 atom stereocenters. The van der Waals surface area contributed by atoms with Crippen LogP contribution in [0.3, 0.4) is 0 Å². The quantitative estimate of drug-likeness (QED) is 0.716. The van der Waals surface area contributed by atoms with Gasteiger partial charge in [0.1, 0.15) is 0 Å². The van der Waals surface area contributed by atoms with E-state index in [0.29, 0.717) is 30.1 Å². The molecule has 0 saturated heterocycles. The number of aromatic nitrogens is 2. The Labute approximate surface area is 202 Å². The van der Waals surface area contributed by atoms with Crippen molar-refractivity contribution < 1.29 is 9.59 Å². The average Bonchev–Trinajstić information content (AvgIpc) is 3.40. The maximum Gasteiger partial charge on any atom is 0.269 e. The fraction of sp³-hybridized carbons (Fsp3) is 0.741. The molecule has 5 aliphatic rings. The van der Waals surface area contributed by atoms with E-state index in [1.165, 1.54) is 36.9 Å². The average molecular weight is 466 g/mol. The van der Waals surface area contributed by atoms with Crippen molar-refractivity contribution >= 4 is 11.8 Å². The fourth-order valence-corrected chi connectivity index (χ4v) is 9.20. The van der Waals surface area contributed by atoms with Gasteiger partial charge in [0.25, 0.3) is 5.91 Å². The van der Waals surface area contributed by atoms with Gasteiger partial charge in [-0.25, -0.2) is 0 Å². The van der Waals surface area contributed by atoms with Crippen molar-refractivity contribution in [2.45, 2.75) is 77.8 Å². The second-order valence-corrected chi connectivity index (χ2v) is 12.3. The molecule has 1 aromatic heterocycles. The van der Waals surface area contributed by atoms with Crippen LogP contribution in [-0.2, 0) is 22.6 Å². The molecule has 0 radical (unpaired) electrons. The SMILES string of the molecule is CN1C(=O)C(N2CCc3[nH]ncc3C2)=C[C@]2(C)C3CC[C@@]4(C)C(CC[C@@H]4CC(N)=O)C3CC[C@@H]12. The molecule has 6 rings (SSSR count). The van der Waals surface area contributed by atoms with Gasteiger partial charge < -0.3 is 15.5 Å². The number of likely N-dealkylation sites (N-methyl/N-ethyl adjacent to an activating group) is 1. The first-order valence-corrected chi connectivity index (χ1v) is 13.3. The maximum atomic E-state index is 13.6. The Kier molecular flexibility index (Phi) is 4.95. The third kappa shape index (κ3) is 3.04. The number of primary amides is 1. The zero-order valence-electron chi connectivity index (χ0n) is 20.8. The predicted molar refractivity (Wildman–Crippen MR) is 129 cm³/mol. The summed E-state index contributed by atoms with van der Waals surface area (Å²) in [6.07, 6.45) is 12.7. The van der Waals surface area contributed by atoms with Crippen LogP contribution in [0.5, 0.6) is 0 Å². The van der Waals surface area contributed by atoms with Crippen LogP contribution in [0.15, 0.2) is 18.0 Å². The molecule has 2 amide bonds. The van der Waals surface area contributed by atoms with Gasteiger partial charge in [0.2, 0.25) is 5.91 Å². The van der Waals surface area contributed by atoms with Crippen molar-refractivity contribution in [1.82, 2.24) is 20.0 Å². The number of H-pyrrole nitrogens is 1. The summed E-state index contributed by atoms with van der Waals surface area (Å²) in [7, 11) is 2.03. The number of nitrogens with zero attached hydrogens (tertiary/aromatic N) is 3. The second-order valence-electron chi connectivity index (χ2n) is 12.3. The third-order valence-electron chi connectivity index (χ3n) is 11.0. The third-order valence-corrected chi connectivity index (χ3v) is 11.0. The van der Waals surface area contributed by atoms with Crippen LogP contribution in [0.2, 0.25) is 0 Å². The lowest BCUT2D eigenvalue weighted by Gasteiger charge is -2.61. The largest absolute Gasteiger partial charge is 0.370 e. The van der Waals surface area contributed by atoms with Gasteiger partial charge >= 0.3 is 0 Å². The molecular formula is C27H39N5O2. The molecule has 3 aliphatic carbocycles. The van der Waals surface area contributed by atoms with Gasteiger partial charge in [0, 0.05) is 55.7 Å². The highest BCUT2D eigenvalue weighted by Crippen LogP contribution is 2.66. The molecule has 0 aromatic carbocycles. The first kappa shape index (κ1) is 22.2. The van der Waals surface area contributed by atoms with Crippen LogP contribution in [-0.4, -0.2) is 51.4 Å². The normalized spacial score (nSPS) is 41.3. The minimum atomic E-state index is -0.146. The van der Waals surface area contributed by atoms with Gasteiger partial charge in [-0.2, -0.15) is 5.10 Å². The highest BCUT2D eigenvalue weighted by Gasteiger charge is 2.61. The summed E-state index contributed by atoms with van der Waals surface area (Å²) in [4.78, 5) is 29.7.